The third kappa shape index (κ3) is 2.21. The van der Waals surface area contributed by atoms with Gasteiger partial charge in [-0.1, -0.05) is 6.07 Å². The first-order valence-corrected chi connectivity index (χ1v) is 9.22. The molecule has 0 N–H and O–H groups in total. The van der Waals surface area contributed by atoms with Gasteiger partial charge >= 0.3 is 0 Å². The summed E-state index contributed by atoms with van der Waals surface area (Å²) in [5.41, 5.74) is 2.74. The molecule has 0 unspecified atom stereocenters. The molecule has 0 bridgehead atoms. The van der Waals surface area contributed by atoms with Crippen LogP contribution in [0.3, 0.4) is 0 Å². The highest BCUT2D eigenvalue weighted by Gasteiger charge is 2.32. The number of ether oxygens (including phenoxy) is 2. The van der Waals surface area contributed by atoms with Crippen LogP contribution in [-0.2, 0) is 13.0 Å². The van der Waals surface area contributed by atoms with Crippen LogP contribution in [-0.4, -0.2) is 31.7 Å². The Kier molecular flexibility index (Phi) is 3.57. The van der Waals surface area contributed by atoms with Crippen LogP contribution in [0.25, 0.3) is 21.5 Å². The fourth-order valence-corrected chi connectivity index (χ4v) is 4.87. The fourth-order valence-electron chi connectivity index (χ4n) is 4.87. The first-order valence-electron chi connectivity index (χ1n) is 9.22. The Labute approximate surface area is 152 Å². The predicted octanol–water partition coefficient (Wildman–Crippen LogP) is 4.67. The van der Waals surface area contributed by atoms with Gasteiger partial charge in [-0.15, -0.1) is 0 Å². The smallest absolute Gasteiger partial charge is 0.161 e. The lowest BCUT2D eigenvalue weighted by Gasteiger charge is -2.33. The number of fused-ring (bicyclic) bond motifs is 7. The van der Waals surface area contributed by atoms with E-state index in [0.29, 0.717) is 11.8 Å². The maximum absolute atomic E-state index is 14.1. The van der Waals surface area contributed by atoms with Crippen LogP contribution in [0.1, 0.15) is 24.0 Å². The Hall–Kier alpha value is -2.33. The van der Waals surface area contributed by atoms with Crippen molar-refractivity contribution in [3.05, 3.63) is 47.3 Å². The van der Waals surface area contributed by atoms with E-state index in [2.05, 4.69) is 11.0 Å². The average Bonchev–Trinajstić information content (AvgIpc) is 3.13. The number of halogens is 1. The molecule has 0 aliphatic carbocycles. The number of rotatable bonds is 2. The summed E-state index contributed by atoms with van der Waals surface area (Å²) in [6, 6.07) is 9.86. The van der Waals surface area contributed by atoms with Gasteiger partial charge in [0.2, 0.25) is 0 Å². The minimum absolute atomic E-state index is 0.202. The highest BCUT2D eigenvalue weighted by atomic mass is 19.1. The van der Waals surface area contributed by atoms with Crippen LogP contribution in [0.5, 0.6) is 11.5 Å². The number of hydrogen-bond acceptors (Lipinski definition) is 3. The first kappa shape index (κ1) is 15.9. The maximum Gasteiger partial charge on any atom is 0.161 e. The van der Waals surface area contributed by atoms with Crippen LogP contribution in [0.2, 0.25) is 0 Å². The molecule has 0 radical (unpaired) electrons. The summed E-state index contributed by atoms with van der Waals surface area (Å²) in [4.78, 5) is 2.59. The Balaban J connectivity index is 1.89. The summed E-state index contributed by atoms with van der Waals surface area (Å²) in [6.07, 6.45) is 3.56. The Bertz CT molecular complexity index is 1030. The SMILES string of the molecule is COc1cc2c3c(c4ccc(F)cc4c2cc1OC)C[C@@H]1CCCN1C3. The maximum atomic E-state index is 14.1. The lowest BCUT2D eigenvalue weighted by molar-refractivity contribution is 0.229. The van der Waals surface area contributed by atoms with Crippen LogP contribution in [0.4, 0.5) is 4.39 Å². The van der Waals surface area contributed by atoms with Gasteiger partial charge in [-0.3, -0.25) is 4.90 Å². The molecule has 2 heterocycles. The van der Waals surface area contributed by atoms with E-state index in [-0.39, 0.29) is 5.82 Å². The minimum atomic E-state index is -0.202. The Morgan fingerprint density at radius 1 is 0.923 bits per heavy atom. The van der Waals surface area contributed by atoms with Crippen LogP contribution in [0.15, 0.2) is 30.3 Å². The standard InChI is InChI=1S/C22H22FNO2/c1-25-21-10-18-16-8-13(23)5-6-15(16)17-9-14-4-3-7-24(14)12-20(17)19(18)11-22(21)26-2/h5-6,8,10-11,14H,3-4,7,9,12H2,1-2H3/t14-/m0/s1. The molecule has 5 rings (SSSR count). The van der Waals surface area contributed by atoms with E-state index >= 15 is 0 Å². The summed E-state index contributed by atoms with van der Waals surface area (Å²) in [5.74, 6) is 1.20. The van der Waals surface area contributed by atoms with Crippen LogP contribution in [0, 0.1) is 5.82 Å². The molecule has 3 aromatic carbocycles. The van der Waals surface area contributed by atoms with E-state index in [1.807, 2.05) is 12.1 Å². The summed E-state index contributed by atoms with van der Waals surface area (Å²) in [7, 11) is 3.30. The zero-order valence-corrected chi connectivity index (χ0v) is 15.1. The molecule has 1 fully saturated rings. The second-order valence-corrected chi connectivity index (χ2v) is 7.37. The highest BCUT2D eigenvalue weighted by Crippen LogP contribution is 2.43. The second kappa shape index (κ2) is 5.85. The fraction of sp³-hybridized carbons (Fsp3) is 0.364. The number of methoxy groups -OCH3 is 2. The molecule has 0 amide bonds. The molecule has 4 heteroatoms. The summed E-state index contributed by atoms with van der Waals surface area (Å²) < 4.78 is 25.1. The topological polar surface area (TPSA) is 21.7 Å². The molecule has 26 heavy (non-hydrogen) atoms. The van der Waals surface area contributed by atoms with Gasteiger partial charge in [0.15, 0.2) is 11.5 Å². The summed E-state index contributed by atoms with van der Waals surface area (Å²) >= 11 is 0. The molecule has 3 nitrogen and oxygen atoms in total. The molecule has 3 aromatic rings. The van der Waals surface area contributed by atoms with E-state index < -0.39 is 0 Å². The van der Waals surface area contributed by atoms with Crippen molar-refractivity contribution in [1.29, 1.82) is 0 Å². The summed E-state index contributed by atoms with van der Waals surface area (Å²) in [5, 5.41) is 4.33. The summed E-state index contributed by atoms with van der Waals surface area (Å²) in [6.45, 7) is 2.12. The molecule has 1 saturated heterocycles. The van der Waals surface area contributed by atoms with Crippen molar-refractivity contribution >= 4 is 21.5 Å². The first-order chi connectivity index (χ1) is 12.7. The molecule has 1 atom stereocenters. The highest BCUT2D eigenvalue weighted by molar-refractivity contribution is 6.12. The van der Waals surface area contributed by atoms with E-state index in [1.54, 1.807) is 26.4 Å². The van der Waals surface area contributed by atoms with Gasteiger partial charge in [0.1, 0.15) is 5.82 Å². The van der Waals surface area contributed by atoms with Gasteiger partial charge in [0.05, 0.1) is 14.2 Å². The molecule has 0 saturated carbocycles. The van der Waals surface area contributed by atoms with Gasteiger partial charge < -0.3 is 9.47 Å². The Morgan fingerprint density at radius 2 is 1.65 bits per heavy atom. The van der Waals surface area contributed by atoms with Crippen molar-refractivity contribution in [2.75, 3.05) is 20.8 Å². The van der Waals surface area contributed by atoms with E-state index in [4.69, 9.17) is 9.47 Å². The quantitative estimate of drug-likeness (QED) is 0.626. The van der Waals surface area contributed by atoms with Crippen molar-refractivity contribution in [3.8, 4) is 11.5 Å². The molecule has 2 aliphatic heterocycles. The van der Waals surface area contributed by atoms with Gasteiger partial charge in [-0.25, -0.2) is 4.39 Å². The second-order valence-electron chi connectivity index (χ2n) is 7.37. The molecule has 0 aromatic heterocycles. The van der Waals surface area contributed by atoms with Crippen molar-refractivity contribution < 1.29 is 13.9 Å². The Morgan fingerprint density at radius 3 is 2.42 bits per heavy atom. The van der Waals surface area contributed by atoms with E-state index in [1.165, 1.54) is 35.9 Å². The molecule has 0 spiro atoms. The third-order valence-electron chi connectivity index (χ3n) is 6.11. The number of hydrogen-bond donors (Lipinski definition) is 0. The van der Waals surface area contributed by atoms with Crippen LogP contribution >= 0.6 is 0 Å². The van der Waals surface area contributed by atoms with E-state index in [0.717, 1.165) is 34.9 Å². The van der Waals surface area contributed by atoms with Gasteiger partial charge in [0.25, 0.3) is 0 Å². The lowest BCUT2D eigenvalue weighted by Crippen LogP contribution is -2.35. The van der Waals surface area contributed by atoms with Crippen molar-refractivity contribution in [2.45, 2.75) is 31.8 Å². The molecule has 134 valence electrons. The zero-order chi connectivity index (χ0) is 17.8. The average molecular weight is 351 g/mol. The third-order valence-corrected chi connectivity index (χ3v) is 6.11. The molecular formula is C22H22FNO2. The van der Waals surface area contributed by atoms with Gasteiger partial charge in [-0.2, -0.15) is 0 Å². The van der Waals surface area contributed by atoms with Crippen molar-refractivity contribution in [2.24, 2.45) is 0 Å². The van der Waals surface area contributed by atoms with Crippen LogP contribution < -0.4 is 9.47 Å². The predicted molar refractivity (Wildman–Crippen MR) is 102 cm³/mol. The van der Waals surface area contributed by atoms with Crippen molar-refractivity contribution in [3.63, 3.8) is 0 Å². The van der Waals surface area contributed by atoms with Gasteiger partial charge in [0, 0.05) is 12.6 Å². The van der Waals surface area contributed by atoms with E-state index in [9.17, 15) is 4.39 Å². The lowest BCUT2D eigenvalue weighted by atomic mass is 9.85. The number of nitrogens with zero attached hydrogens (tertiary/aromatic N) is 1. The monoisotopic (exact) mass is 351 g/mol. The number of benzene rings is 3. The zero-order valence-electron chi connectivity index (χ0n) is 15.1. The molecular weight excluding hydrogens is 329 g/mol. The minimum Gasteiger partial charge on any atom is -0.493 e. The van der Waals surface area contributed by atoms with Crippen molar-refractivity contribution in [1.82, 2.24) is 4.90 Å². The largest absolute Gasteiger partial charge is 0.493 e. The molecule has 2 aliphatic rings. The normalized spacial score (nSPS) is 19.6. The van der Waals surface area contributed by atoms with Gasteiger partial charge in [-0.05, 0) is 82.7 Å².